The third kappa shape index (κ3) is 3.98. The van der Waals surface area contributed by atoms with Crippen LogP contribution in [0.3, 0.4) is 0 Å². The molecule has 0 aliphatic rings. The Hall–Kier alpha value is -3.28. The molecule has 3 rings (SSSR count). The van der Waals surface area contributed by atoms with Gasteiger partial charge in [0.1, 0.15) is 5.82 Å². The molecule has 0 unspecified atom stereocenters. The highest BCUT2D eigenvalue weighted by Crippen LogP contribution is 2.23. The minimum Gasteiger partial charge on any atom is -0.338 e. The second kappa shape index (κ2) is 7.09. The summed E-state index contributed by atoms with van der Waals surface area (Å²) in [5, 5.41) is 13.9. The molecule has 3 aromatic rings. The van der Waals surface area contributed by atoms with Gasteiger partial charge in [-0.05, 0) is 61.4 Å². The lowest BCUT2D eigenvalue weighted by atomic mass is 10.1. The largest absolute Gasteiger partial charge is 0.338 e. The maximum absolute atomic E-state index is 12.9. The number of benzene rings is 2. The third-order valence-corrected chi connectivity index (χ3v) is 3.75. The van der Waals surface area contributed by atoms with E-state index in [1.54, 1.807) is 12.1 Å². The van der Waals surface area contributed by atoms with Crippen LogP contribution in [-0.4, -0.2) is 16.1 Å². The predicted molar refractivity (Wildman–Crippen MR) is 95.6 cm³/mol. The summed E-state index contributed by atoms with van der Waals surface area (Å²) < 4.78 is 12.9. The average molecular weight is 336 g/mol. The summed E-state index contributed by atoms with van der Waals surface area (Å²) in [6.07, 6.45) is 0. The molecule has 0 atom stereocenters. The first kappa shape index (κ1) is 16.6. The number of hydrogen-bond donors (Lipinski definition) is 2. The van der Waals surface area contributed by atoms with Gasteiger partial charge in [0.2, 0.25) is 0 Å². The maximum atomic E-state index is 12.9. The van der Waals surface area contributed by atoms with E-state index in [1.165, 1.54) is 24.3 Å². The Morgan fingerprint density at radius 2 is 1.48 bits per heavy atom. The molecule has 0 saturated carbocycles. The molecule has 0 fully saturated rings. The van der Waals surface area contributed by atoms with Crippen molar-refractivity contribution in [3.8, 4) is 0 Å². The highest BCUT2D eigenvalue weighted by Gasteiger charge is 2.08. The zero-order valence-electron chi connectivity index (χ0n) is 13.9. The lowest BCUT2D eigenvalue weighted by Gasteiger charge is -2.11. The molecule has 2 aromatic carbocycles. The Bertz CT molecular complexity index is 872. The number of hydrogen-bond acceptors (Lipinski definition) is 4. The van der Waals surface area contributed by atoms with Crippen molar-refractivity contribution in [2.75, 3.05) is 10.6 Å². The van der Waals surface area contributed by atoms with Gasteiger partial charge in [0.15, 0.2) is 11.6 Å². The van der Waals surface area contributed by atoms with Crippen LogP contribution in [0.1, 0.15) is 21.5 Å². The van der Waals surface area contributed by atoms with Gasteiger partial charge < -0.3 is 10.6 Å². The van der Waals surface area contributed by atoms with Crippen LogP contribution in [0.15, 0.2) is 54.6 Å². The van der Waals surface area contributed by atoms with Crippen LogP contribution in [0.25, 0.3) is 0 Å². The topological polar surface area (TPSA) is 66.9 Å². The average Bonchev–Trinajstić information content (AvgIpc) is 2.60. The molecule has 2 N–H and O–H groups in total. The molecule has 0 saturated heterocycles. The first-order valence-electron chi connectivity index (χ1n) is 7.77. The van der Waals surface area contributed by atoms with Crippen molar-refractivity contribution >= 4 is 23.2 Å². The van der Waals surface area contributed by atoms with E-state index in [0.717, 1.165) is 16.8 Å². The Morgan fingerprint density at radius 1 is 0.880 bits per heavy atom. The number of nitrogens with one attached hydrogen (secondary N) is 2. The van der Waals surface area contributed by atoms with Crippen LogP contribution in [0.2, 0.25) is 0 Å². The lowest BCUT2D eigenvalue weighted by Crippen LogP contribution is -2.13. The van der Waals surface area contributed by atoms with E-state index in [2.05, 4.69) is 20.8 Å². The molecule has 0 bridgehead atoms. The third-order valence-electron chi connectivity index (χ3n) is 3.75. The van der Waals surface area contributed by atoms with Crippen LogP contribution in [0.5, 0.6) is 0 Å². The predicted octanol–water partition coefficient (Wildman–Crippen LogP) is 4.23. The fourth-order valence-corrected chi connectivity index (χ4v) is 2.40. The van der Waals surface area contributed by atoms with Crippen molar-refractivity contribution in [2.45, 2.75) is 13.8 Å². The standard InChI is InChI=1S/C19H17FN4O/c1-12-4-3-5-13(2)18(12)21-16-10-11-17(24-23-16)22-19(25)14-6-8-15(20)9-7-14/h3-11H,1-2H3,(H,21,23)(H,22,24,25). The number of nitrogens with zero attached hydrogens (tertiary/aromatic N) is 2. The Labute approximate surface area is 144 Å². The van der Waals surface area contributed by atoms with Crippen molar-refractivity contribution in [3.63, 3.8) is 0 Å². The van der Waals surface area contributed by atoms with E-state index in [0.29, 0.717) is 17.2 Å². The Morgan fingerprint density at radius 3 is 2.08 bits per heavy atom. The first-order chi connectivity index (χ1) is 12.0. The van der Waals surface area contributed by atoms with Crippen LogP contribution in [-0.2, 0) is 0 Å². The normalized spacial score (nSPS) is 10.4. The van der Waals surface area contributed by atoms with E-state index >= 15 is 0 Å². The number of para-hydroxylation sites is 1. The SMILES string of the molecule is Cc1cccc(C)c1Nc1ccc(NC(=O)c2ccc(F)cc2)nn1. The van der Waals surface area contributed by atoms with Crippen LogP contribution in [0.4, 0.5) is 21.7 Å². The number of carbonyl (C=O) groups is 1. The van der Waals surface area contributed by atoms with Gasteiger partial charge in [0.05, 0.1) is 0 Å². The van der Waals surface area contributed by atoms with E-state index in [1.807, 2.05) is 32.0 Å². The van der Waals surface area contributed by atoms with E-state index in [9.17, 15) is 9.18 Å². The molecule has 126 valence electrons. The van der Waals surface area contributed by atoms with Gasteiger partial charge in [-0.2, -0.15) is 0 Å². The van der Waals surface area contributed by atoms with Gasteiger partial charge >= 0.3 is 0 Å². The number of anilines is 3. The minimum absolute atomic E-state index is 0.321. The van der Waals surface area contributed by atoms with E-state index in [-0.39, 0.29) is 5.91 Å². The highest BCUT2D eigenvalue weighted by atomic mass is 19.1. The highest BCUT2D eigenvalue weighted by molar-refractivity contribution is 6.03. The summed E-state index contributed by atoms with van der Waals surface area (Å²) in [7, 11) is 0. The second-order valence-electron chi connectivity index (χ2n) is 5.66. The van der Waals surface area contributed by atoms with Gasteiger partial charge in [-0.1, -0.05) is 18.2 Å². The molecule has 6 heteroatoms. The Balaban J connectivity index is 1.70. The Kier molecular flexibility index (Phi) is 4.70. The first-order valence-corrected chi connectivity index (χ1v) is 7.77. The summed E-state index contributed by atoms with van der Waals surface area (Å²) in [5.41, 5.74) is 3.55. The fraction of sp³-hybridized carbons (Fsp3) is 0.105. The van der Waals surface area contributed by atoms with E-state index in [4.69, 9.17) is 0 Å². The van der Waals surface area contributed by atoms with Crippen molar-refractivity contribution in [1.82, 2.24) is 10.2 Å². The van der Waals surface area contributed by atoms with Crippen LogP contribution >= 0.6 is 0 Å². The van der Waals surface area contributed by atoms with Gasteiger partial charge in [-0.25, -0.2) is 4.39 Å². The van der Waals surface area contributed by atoms with E-state index < -0.39 is 5.82 Å². The van der Waals surface area contributed by atoms with Crippen molar-refractivity contribution in [1.29, 1.82) is 0 Å². The zero-order valence-corrected chi connectivity index (χ0v) is 13.9. The number of aryl methyl sites for hydroxylation is 2. The summed E-state index contributed by atoms with van der Waals surface area (Å²) in [4.78, 5) is 12.1. The number of rotatable bonds is 4. The lowest BCUT2D eigenvalue weighted by molar-refractivity contribution is 0.102. The maximum Gasteiger partial charge on any atom is 0.256 e. The number of carbonyl (C=O) groups excluding carboxylic acids is 1. The molecule has 0 spiro atoms. The summed E-state index contributed by atoms with van der Waals surface area (Å²) in [6.45, 7) is 4.03. The smallest absolute Gasteiger partial charge is 0.256 e. The molecular weight excluding hydrogens is 319 g/mol. The molecule has 5 nitrogen and oxygen atoms in total. The zero-order chi connectivity index (χ0) is 17.8. The van der Waals surface area contributed by atoms with Gasteiger partial charge in [-0.3, -0.25) is 4.79 Å². The van der Waals surface area contributed by atoms with Crippen molar-refractivity contribution in [3.05, 3.63) is 77.1 Å². The number of halogens is 1. The van der Waals surface area contributed by atoms with Crippen LogP contribution < -0.4 is 10.6 Å². The number of aromatic nitrogens is 2. The molecule has 1 aromatic heterocycles. The summed E-state index contributed by atoms with van der Waals surface area (Å²) >= 11 is 0. The molecule has 25 heavy (non-hydrogen) atoms. The minimum atomic E-state index is -0.390. The molecule has 1 amide bonds. The molecule has 0 aliphatic carbocycles. The molecule has 0 aliphatic heterocycles. The monoisotopic (exact) mass is 336 g/mol. The van der Waals surface area contributed by atoms with Crippen LogP contribution in [0, 0.1) is 19.7 Å². The second-order valence-corrected chi connectivity index (χ2v) is 5.66. The van der Waals surface area contributed by atoms with Crippen molar-refractivity contribution in [2.24, 2.45) is 0 Å². The van der Waals surface area contributed by atoms with Crippen molar-refractivity contribution < 1.29 is 9.18 Å². The molecule has 0 radical (unpaired) electrons. The summed E-state index contributed by atoms with van der Waals surface area (Å²) in [6, 6.07) is 14.7. The van der Waals surface area contributed by atoms with Gasteiger partial charge in [0, 0.05) is 11.3 Å². The number of amides is 1. The quantitative estimate of drug-likeness (QED) is 0.748. The summed E-state index contributed by atoms with van der Waals surface area (Å²) in [5.74, 6) is 0.140. The molecular formula is C19H17FN4O. The molecule has 1 heterocycles. The van der Waals surface area contributed by atoms with Gasteiger partial charge in [-0.15, -0.1) is 10.2 Å². The fourth-order valence-electron chi connectivity index (χ4n) is 2.40. The van der Waals surface area contributed by atoms with Gasteiger partial charge in [0.25, 0.3) is 5.91 Å².